The Morgan fingerprint density at radius 2 is 1.58 bits per heavy atom. The van der Waals surface area contributed by atoms with Crippen molar-refractivity contribution in [3.8, 4) is 11.5 Å². The highest BCUT2D eigenvalue weighted by atomic mass is 79.9. The van der Waals surface area contributed by atoms with Crippen LogP contribution in [0, 0.1) is 0 Å². The second-order valence-corrected chi connectivity index (χ2v) is 9.27. The van der Waals surface area contributed by atoms with Crippen LogP contribution in [0.2, 0.25) is 0 Å². The van der Waals surface area contributed by atoms with Gasteiger partial charge in [-0.3, -0.25) is 9.52 Å². The molecule has 0 aliphatic rings. The number of ketones is 1. The normalized spacial score (nSPS) is 10.9. The topological polar surface area (TPSA) is 108 Å². The minimum absolute atomic E-state index is 0.00776. The number of carbonyl (C=O) groups excluding carboxylic acids is 2. The van der Waals surface area contributed by atoms with E-state index in [9.17, 15) is 18.0 Å². The van der Waals surface area contributed by atoms with Gasteiger partial charge in [0, 0.05) is 16.1 Å². The highest BCUT2D eigenvalue weighted by Crippen LogP contribution is 2.30. The van der Waals surface area contributed by atoms with Crippen LogP contribution in [0.4, 0.5) is 5.69 Å². The Bertz CT molecular complexity index is 1270. The molecule has 0 radical (unpaired) electrons. The van der Waals surface area contributed by atoms with Gasteiger partial charge in [-0.05, 0) is 36.4 Å². The van der Waals surface area contributed by atoms with Crippen molar-refractivity contribution in [3.63, 3.8) is 0 Å². The fourth-order valence-electron chi connectivity index (χ4n) is 2.87. The molecule has 0 bridgehead atoms. The van der Waals surface area contributed by atoms with E-state index >= 15 is 0 Å². The van der Waals surface area contributed by atoms with Crippen LogP contribution in [0.25, 0.3) is 0 Å². The van der Waals surface area contributed by atoms with Crippen LogP contribution in [0.1, 0.15) is 20.7 Å². The second kappa shape index (κ2) is 10.5. The summed E-state index contributed by atoms with van der Waals surface area (Å²) in [5.74, 6) is -0.624. The van der Waals surface area contributed by atoms with Crippen LogP contribution in [-0.4, -0.2) is 41.0 Å². The quantitative estimate of drug-likeness (QED) is 0.322. The molecule has 0 aliphatic heterocycles. The molecular weight excluding hydrogens is 514 g/mol. The number of rotatable bonds is 9. The fraction of sp³-hybridized carbons (Fsp3) is 0.130. The Balaban J connectivity index is 1.77. The first kappa shape index (κ1) is 24.3. The van der Waals surface area contributed by atoms with Gasteiger partial charge in [0.15, 0.2) is 23.9 Å². The van der Waals surface area contributed by atoms with E-state index in [1.54, 1.807) is 36.4 Å². The Morgan fingerprint density at radius 3 is 2.24 bits per heavy atom. The van der Waals surface area contributed by atoms with Gasteiger partial charge < -0.3 is 14.2 Å². The largest absolute Gasteiger partial charge is 0.493 e. The van der Waals surface area contributed by atoms with Crippen LogP contribution in [0.15, 0.2) is 76.1 Å². The van der Waals surface area contributed by atoms with Crippen LogP contribution in [0.3, 0.4) is 0 Å². The van der Waals surface area contributed by atoms with E-state index in [0.29, 0.717) is 11.3 Å². The van der Waals surface area contributed by atoms with Crippen molar-refractivity contribution < 1.29 is 32.2 Å². The molecule has 0 amide bonds. The lowest BCUT2D eigenvalue weighted by Crippen LogP contribution is -2.18. The summed E-state index contributed by atoms with van der Waals surface area (Å²) in [7, 11) is -1.24. The van der Waals surface area contributed by atoms with Gasteiger partial charge in [-0.25, -0.2) is 13.2 Å². The molecule has 0 heterocycles. The minimum atomic E-state index is -4.07. The summed E-state index contributed by atoms with van der Waals surface area (Å²) >= 11 is 3.29. The maximum atomic E-state index is 12.9. The number of Topliss-reactive ketones (excluding diaryl/α,β-unsaturated/α-hetero) is 1. The minimum Gasteiger partial charge on any atom is -0.493 e. The number of ether oxygens (including phenoxy) is 3. The molecule has 0 fully saturated rings. The molecule has 3 aromatic rings. The first-order chi connectivity index (χ1) is 15.7. The van der Waals surface area contributed by atoms with E-state index in [1.165, 1.54) is 44.6 Å². The first-order valence-corrected chi connectivity index (χ1v) is 11.8. The average Bonchev–Trinajstić information content (AvgIpc) is 2.82. The standard InChI is InChI=1S/C23H20BrNO7S/c1-30-21-12-11-17(13-22(21)31-2)33(28,29)25-19-6-4-3-5-18(19)23(27)32-14-20(26)15-7-9-16(24)10-8-15/h3-13,25H,14H2,1-2H3. The van der Waals surface area contributed by atoms with E-state index in [-0.39, 0.29) is 27.7 Å². The van der Waals surface area contributed by atoms with Crippen molar-refractivity contribution >= 4 is 43.4 Å². The summed E-state index contributed by atoms with van der Waals surface area (Å²) in [6.45, 7) is -0.489. The molecule has 0 spiro atoms. The summed E-state index contributed by atoms with van der Waals surface area (Å²) in [4.78, 5) is 24.8. The summed E-state index contributed by atoms with van der Waals surface area (Å²) in [5.41, 5.74) is 0.354. The maximum absolute atomic E-state index is 12.9. The van der Waals surface area contributed by atoms with Crippen LogP contribution < -0.4 is 14.2 Å². The van der Waals surface area contributed by atoms with Crippen molar-refractivity contribution in [3.05, 3.63) is 82.3 Å². The molecule has 0 atom stereocenters. The molecule has 0 unspecified atom stereocenters. The summed E-state index contributed by atoms with van der Waals surface area (Å²) in [6.07, 6.45) is 0. The summed E-state index contributed by atoms with van der Waals surface area (Å²) < 4.78 is 44.4. The second-order valence-electron chi connectivity index (χ2n) is 6.67. The number of para-hydroxylation sites is 1. The van der Waals surface area contributed by atoms with Gasteiger partial charge >= 0.3 is 5.97 Å². The number of esters is 1. The van der Waals surface area contributed by atoms with Crippen LogP contribution in [-0.2, 0) is 14.8 Å². The number of sulfonamides is 1. The monoisotopic (exact) mass is 533 g/mol. The van der Waals surface area contributed by atoms with E-state index in [1.807, 2.05) is 0 Å². The number of anilines is 1. The summed E-state index contributed by atoms with van der Waals surface area (Å²) in [5, 5.41) is 0. The van der Waals surface area contributed by atoms with Gasteiger partial charge in [-0.2, -0.15) is 0 Å². The molecule has 0 aromatic heterocycles. The maximum Gasteiger partial charge on any atom is 0.340 e. The van der Waals surface area contributed by atoms with Gasteiger partial charge in [0.25, 0.3) is 10.0 Å². The number of hydrogen-bond acceptors (Lipinski definition) is 7. The highest BCUT2D eigenvalue weighted by Gasteiger charge is 2.21. The van der Waals surface area contributed by atoms with Crippen molar-refractivity contribution in [2.24, 2.45) is 0 Å². The van der Waals surface area contributed by atoms with Crippen molar-refractivity contribution in [2.45, 2.75) is 4.90 Å². The van der Waals surface area contributed by atoms with Gasteiger partial charge in [-0.1, -0.05) is 40.2 Å². The van der Waals surface area contributed by atoms with Crippen molar-refractivity contribution in [1.82, 2.24) is 0 Å². The van der Waals surface area contributed by atoms with Gasteiger partial charge in [0.05, 0.1) is 30.4 Å². The van der Waals surface area contributed by atoms with Crippen molar-refractivity contribution in [2.75, 3.05) is 25.5 Å². The van der Waals surface area contributed by atoms with E-state index in [2.05, 4.69) is 20.7 Å². The predicted octanol–water partition coefficient (Wildman–Crippen LogP) is 4.31. The average molecular weight is 534 g/mol. The third-order valence-corrected chi connectivity index (χ3v) is 6.45. The Kier molecular flexibility index (Phi) is 7.72. The molecule has 172 valence electrons. The lowest BCUT2D eigenvalue weighted by molar-refractivity contribution is 0.0476. The van der Waals surface area contributed by atoms with Gasteiger partial charge in [-0.15, -0.1) is 0 Å². The zero-order valence-electron chi connectivity index (χ0n) is 17.7. The molecule has 3 rings (SSSR count). The highest BCUT2D eigenvalue weighted by molar-refractivity contribution is 9.10. The van der Waals surface area contributed by atoms with Crippen molar-refractivity contribution in [1.29, 1.82) is 0 Å². The number of halogens is 1. The van der Waals surface area contributed by atoms with Crippen LogP contribution >= 0.6 is 15.9 Å². The zero-order chi connectivity index (χ0) is 24.0. The number of hydrogen-bond donors (Lipinski definition) is 1. The molecule has 0 aliphatic carbocycles. The molecule has 1 N–H and O–H groups in total. The Hall–Kier alpha value is -3.37. The van der Waals surface area contributed by atoms with Crippen LogP contribution in [0.5, 0.6) is 11.5 Å². The Labute approximate surface area is 199 Å². The zero-order valence-corrected chi connectivity index (χ0v) is 20.1. The molecule has 33 heavy (non-hydrogen) atoms. The van der Waals surface area contributed by atoms with Gasteiger partial charge in [0.2, 0.25) is 0 Å². The predicted molar refractivity (Wildman–Crippen MR) is 126 cm³/mol. The van der Waals surface area contributed by atoms with E-state index < -0.39 is 22.6 Å². The molecule has 10 heteroatoms. The summed E-state index contributed by atoms with van der Waals surface area (Å²) in [6, 6.07) is 16.7. The molecule has 0 saturated heterocycles. The molecule has 0 saturated carbocycles. The third kappa shape index (κ3) is 5.91. The lowest BCUT2D eigenvalue weighted by Gasteiger charge is -2.14. The Morgan fingerprint density at radius 1 is 0.909 bits per heavy atom. The first-order valence-electron chi connectivity index (χ1n) is 9.55. The van der Waals surface area contributed by atoms with E-state index in [0.717, 1.165) is 4.47 Å². The smallest absolute Gasteiger partial charge is 0.340 e. The number of nitrogens with one attached hydrogen (secondary N) is 1. The number of benzene rings is 3. The number of carbonyl (C=O) groups is 2. The molecule has 8 nitrogen and oxygen atoms in total. The van der Waals surface area contributed by atoms with E-state index in [4.69, 9.17) is 14.2 Å². The lowest BCUT2D eigenvalue weighted by atomic mass is 10.1. The van der Waals surface area contributed by atoms with Gasteiger partial charge in [0.1, 0.15) is 0 Å². The SMILES string of the molecule is COc1ccc(S(=O)(=O)Nc2ccccc2C(=O)OCC(=O)c2ccc(Br)cc2)cc1OC. The third-order valence-electron chi connectivity index (χ3n) is 4.56. The molecule has 3 aromatic carbocycles. The molecular formula is C23H20BrNO7S. The number of methoxy groups -OCH3 is 2. The fourth-order valence-corrected chi connectivity index (χ4v) is 4.22.